The number of carbonyl (C=O) groups is 1. The molecule has 0 radical (unpaired) electrons. The lowest BCUT2D eigenvalue weighted by molar-refractivity contribution is -0.135. The van der Waals surface area contributed by atoms with Crippen molar-refractivity contribution < 1.29 is 4.79 Å². The molecule has 1 fully saturated rings. The number of rotatable bonds is 4. The number of carbonyl (C=O) groups excluding carboxylic acids is 1. The molecule has 1 aromatic carbocycles. The predicted molar refractivity (Wildman–Crippen MR) is 122 cm³/mol. The molecule has 0 aliphatic carbocycles. The van der Waals surface area contributed by atoms with Gasteiger partial charge in [-0.3, -0.25) is 14.6 Å². The van der Waals surface area contributed by atoms with E-state index in [1.54, 1.807) is 36.4 Å². The normalized spacial score (nSPS) is 15.1. The van der Waals surface area contributed by atoms with Crippen LogP contribution in [0.3, 0.4) is 0 Å². The van der Waals surface area contributed by atoms with E-state index in [-0.39, 0.29) is 11.5 Å². The Morgan fingerprint density at radius 3 is 2.35 bits per heavy atom. The van der Waals surface area contributed by atoms with Crippen molar-refractivity contribution in [1.29, 1.82) is 0 Å². The van der Waals surface area contributed by atoms with Gasteiger partial charge in [0.2, 0.25) is 5.91 Å². The molecule has 0 spiro atoms. The van der Waals surface area contributed by atoms with Crippen LogP contribution in [-0.4, -0.2) is 51.8 Å². The van der Waals surface area contributed by atoms with Crippen molar-refractivity contribution in [2.75, 3.05) is 31.1 Å². The molecule has 31 heavy (non-hydrogen) atoms. The Hall–Kier alpha value is -2.90. The first-order chi connectivity index (χ1) is 14.9. The molecule has 1 unspecified atom stereocenters. The molecule has 0 bridgehead atoms. The Labute approximate surface area is 189 Å². The first-order valence-electron chi connectivity index (χ1n) is 9.93. The van der Waals surface area contributed by atoms with Crippen LogP contribution in [0.2, 0.25) is 10.0 Å². The van der Waals surface area contributed by atoms with E-state index in [1.807, 2.05) is 24.3 Å². The van der Waals surface area contributed by atoms with Gasteiger partial charge in [0.1, 0.15) is 6.04 Å². The van der Waals surface area contributed by atoms with Crippen LogP contribution in [0.4, 0.5) is 5.69 Å². The van der Waals surface area contributed by atoms with Crippen molar-refractivity contribution in [2.45, 2.75) is 13.0 Å². The molecular weight excluding hydrogens is 437 g/mol. The number of hydrogen-bond acceptors (Lipinski definition) is 5. The third-order valence-corrected chi connectivity index (χ3v) is 6.12. The van der Waals surface area contributed by atoms with Crippen LogP contribution in [-0.2, 0) is 4.79 Å². The average Bonchev–Trinajstić information content (AvgIpc) is 2.81. The maximum Gasteiger partial charge on any atom is 0.267 e. The number of amides is 1. The summed E-state index contributed by atoms with van der Waals surface area (Å²) in [6, 6.07) is 11.5. The number of halogens is 2. The van der Waals surface area contributed by atoms with E-state index in [2.05, 4.69) is 15.0 Å². The molecule has 160 valence electrons. The zero-order valence-corrected chi connectivity index (χ0v) is 18.4. The van der Waals surface area contributed by atoms with Crippen LogP contribution in [0.1, 0.15) is 13.0 Å². The fourth-order valence-corrected chi connectivity index (χ4v) is 3.91. The Bertz CT molecular complexity index is 1140. The number of hydrogen-bond donors (Lipinski definition) is 0. The standard InChI is InChI=1S/C22H21Cl2N5O2/c1-15(29-21(30)5-4-20(26-29)16-6-8-25-9-7-16)22(31)28-12-10-27(11-13-28)17-2-3-18(23)19(24)14-17/h2-9,14-15H,10-13H2,1H3. The average molecular weight is 458 g/mol. The second-order valence-corrected chi connectivity index (χ2v) is 8.14. The second-order valence-electron chi connectivity index (χ2n) is 7.32. The van der Waals surface area contributed by atoms with Crippen molar-refractivity contribution in [3.63, 3.8) is 0 Å². The lowest BCUT2D eigenvalue weighted by Gasteiger charge is -2.37. The molecule has 1 aliphatic heterocycles. The largest absolute Gasteiger partial charge is 0.368 e. The fraction of sp³-hybridized carbons (Fsp3) is 0.273. The molecule has 0 N–H and O–H groups in total. The van der Waals surface area contributed by atoms with E-state index in [1.165, 1.54) is 10.7 Å². The van der Waals surface area contributed by atoms with E-state index in [0.29, 0.717) is 41.9 Å². The van der Waals surface area contributed by atoms with Gasteiger partial charge in [-0.25, -0.2) is 4.68 Å². The van der Waals surface area contributed by atoms with Crippen molar-refractivity contribution >= 4 is 34.8 Å². The minimum atomic E-state index is -0.703. The molecule has 1 aliphatic rings. The summed E-state index contributed by atoms with van der Waals surface area (Å²) in [6.45, 7) is 4.12. The van der Waals surface area contributed by atoms with Crippen molar-refractivity contribution in [3.8, 4) is 11.3 Å². The molecule has 1 saturated heterocycles. The van der Waals surface area contributed by atoms with Crippen LogP contribution in [0.15, 0.2) is 59.7 Å². The van der Waals surface area contributed by atoms with Crippen LogP contribution in [0.25, 0.3) is 11.3 Å². The highest BCUT2D eigenvalue weighted by atomic mass is 35.5. The van der Waals surface area contributed by atoms with E-state index in [9.17, 15) is 9.59 Å². The lowest BCUT2D eigenvalue weighted by atomic mass is 10.2. The number of anilines is 1. The number of nitrogens with zero attached hydrogens (tertiary/aromatic N) is 5. The maximum atomic E-state index is 13.1. The van der Waals surface area contributed by atoms with Gasteiger partial charge in [0.15, 0.2) is 0 Å². The highest BCUT2D eigenvalue weighted by Gasteiger charge is 2.27. The summed E-state index contributed by atoms with van der Waals surface area (Å²) in [5.74, 6) is -0.129. The summed E-state index contributed by atoms with van der Waals surface area (Å²) in [4.78, 5) is 33.4. The fourth-order valence-electron chi connectivity index (χ4n) is 3.61. The SMILES string of the molecule is CC(C(=O)N1CCN(c2ccc(Cl)c(Cl)c2)CC1)n1nc(-c2ccncc2)ccc1=O. The number of pyridine rings is 1. The molecule has 1 atom stereocenters. The van der Waals surface area contributed by atoms with Gasteiger partial charge in [0.25, 0.3) is 5.56 Å². The third kappa shape index (κ3) is 4.57. The molecule has 7 nitrogen and oxygen atoms in total. The smallest absolute Gasteiger partial charge is 0.267 e. The van der Waals surface area contributed by atoms with Gasteiger partial charge >= 0.3 is 0 Å². The first kappa shape index (κ1) is 21.3. The van der Waals surface area contributed by atoms with Crippen LogP contribution < -0.4 is 10.5 Å². The van der Waals surface area contributed by atoms with Gasteiger partial charge < -0.3 is 9.80 Å². The minimum Gasteiger partial charge on any atom is -0.368 e. The molecule has 3 heterocycles. The van der Waals surface area contributed by atoms with E-state index in [4.69, 9.17) is 23.2 Å². The molecule has 0 saturated carbocycles. The third-order valence-electron chi connectivity index (χ3n) is 5.39. The highest BCUT2D eigenvalue weighted by Crippen LogP contribution is 2.28. The van der Waals surface area contributed by atoms with Gasteiger partial charge in [-0.1, -0.05) is 23.2 Å². The molecule has 9 heteroatoms. The maximum absolute atomic E-state index is 13.1. The zero-order chi connectivity index (χ0) is 22.0. The number of benzene rings is 1. The molecule has 2 aromatic heterocycles. The van der Waals surface area contributed by atoms with Gasteiger partial charge in [0.05, 0.1) is 15.7 Å². The zero-order valence-electron chi connectivity index (χ0n) is 16.9. The number of aromatic nitrogens is 3. The Morgan fingerprint density at radius 2 is 1.68 bits per heavy atom. The second kappa shape index (κ2) is 9.08. The predicted octanol–water partition coefficient (Wildman–Crippen LogP) is 3.52. The number of piperazine rings is 1. The monoisotopic (exact) mass is 457 g/mol. The van der Waals surface area contributed by atoms with Crippen molar-refractivity contribution in [3.05, 3.63) is 75.3 Å². The van der Waals surface area contributed by atoms with Gasteiger partial charge in [-0.05, 0) is 43.3 Å². The van der Waals surface area contributed by atoms with Gasteiger partial charge in [-0.2, -0.15) is 5.10 Å². The molecule has 3 aromatic rings. The molecule has 4 rings (SSSR count). The minimum absolute atomic E-state index is 0.129. The Kier molecular flexibility index (Phi) is 6.25. The Balaban J connectivity index is 1.47. The molecular formula is C22H21Cl2N5O2. The quantitative estimate of drug-likeness (QED) is 0.599. The first-order valence-corrected chi connectivity index (χ1v) is 10.7. The van der Waals surface area contributed by atoms with Crippen LogP contribution in [0, 0.1) is 0 Å². The van der Waals surface area contributed by atoms with Crippen LogP contribution in [0.5, 0.6) is 0 Å². The summed E-state index contributed by atoms with van der Waals surface area (Å²) < 4.78 is 1.25. The summed E-state index contributed by atoms with van der Waals surface area (Å²) in [6.07, 6.45) is 3.32. The van der Waals surface area contributed by atoms with Gasteiger partial charge in [0, 0.05) is 55.9 Å². The summed E-state index contributed by atoms with van der Waals surface area (Å²) >= 11 is 12.1. The summed E-state index contributed by atoms with van der Waals surface area (Å²) in [5, 5.41) is 5.45. The topological polar surface area (TPSA) is 71.3 Å². The summed E-state index contributed by atoms with van der Waals surface area (Å²) in [5.41, 5.74) is 2.11. The van der Waals surface area contributed by atoms with Crippen molar-refractivity contribution in [2.24, 2.45) is 0 Å². The highest BCUT2D eigenvalue weighted by molar-refractivity contribution is 6.42. The van der Waals surface area contributed by atoms with Crippen LogP contribution >= 0.6 is 23.2 Å². The summed E-state index contributed by atoms with van der Waals surface area (Å²) in [7, 11) is 0. The Morgan fingerprint density at radius 1 is 0.968 bits per heavy atom. The van der Waals surface area contributed by atoms with E-state index >= 15 is 0 Å². The van der Waals surface area contributed by atoms with E-state index < -0.39 is 6.04 Å². The lowest BCUT2D eigenvalue weighted by Crippen LogP contribution is -2.51. The van der Waals surface area contributed by atoms with Crippen molar-refractivity contribution in [1.82, 2.24) is 19.7 Å². The van der Waals surface area contributed by atoms with Gasteiger partial charge in [-0.15, -0.1) is 0 Å². The molecule has 1 amide bonds. The van der Waals surface area contributed by atoms with E-state index in [0.717, 1.165) is 11.3 Å².